The summed E-state index contributed by atoms with van der Waals surface area (Å²) < 4.78 is 0. The predicted molar refractivity (Wildman–Crippen MR) is 108 cm³/mol. The van der Waals surface area contributed by atoms with Crippen molar-refractivity contribution in [2.75, 3.05) is 12.8 Å². The lowest BCUT2D eigenvalue weighted by atomic mass is 10.1. The SMILES string of the molecule is CNC(=O)[C@H](C)N(Cc1cccc(Cl)c1)C(=O)CSc1ccc(Cl)cc1. The van der Waals surface area contributed by atoms with Gasteiger partial charge < -0.3 is 10.2 Å². The van der Waals surface area contributed by atoms with E-state index >= 15 is 0 Å². The number of carbonyl (C=O) groups excluding carboxylic acids is 2. The normalized spacial score (nSPS) is 11.7. The third-order valence-corrected chi connectivity index (χ3v) is 5.32. The lowest BCUT2D eigenvalue weighted by Crippen LogP contribution is -2.47. The number of carbonyl (C=O) groups is 2. The fourth-order valence-corrected chi connectivity index (χ4v) is 3.51. The van der Waals surface area contributed by atoms with Gasteiger partial charge in [-0.25, -0.2) is 0 Å². The maximum atomic E-state index is 12.8. The summed E-state index contributed by atoms with van der Waals surface area (Å²) in [5.74, 6) is -0.110. The third kappa shape index (κ3) is 5.94. The zero-order valence-corrected chi connectivity index (χ0v) is 16.9. The standard InChI is InChI=1S/C19H20Cl2N2O2S/c1-13(19(25)22-2)23(11-14-4-3-5-16(21)10-14)18(24)12-26-17-8-6-15(20)7-9-17/h3-10,13H,11-12H2,1-2H3,(H,22,25)/t13-/m0/s1. The van der Waals surface area contributed by atoms with Crippen molar-refractivity contribution < 1.29 is 9.59 Å². The number of likely N-dealkylation sites (N-methyl/N-ethyl adjacent to an activating group) is 1. The third-order valence-electron chi connectivity index (χ3n) is 3.83. The highest BCUT2D eigenvalue weighted by molar-refractivity contribution is 8.00. The van der Waals surface area contributed by atoms with Crippen LogP contribution in [0.1, 0.15) is 12.5 Å². The molecule has 0 saturated carbocycles. The molecule has 138 valence electrons. The van der Waals surface area contributed by atoms with Gasteiger partial charge in [0.05, 0.1) is 5.75 Å². The Balaban J connectivity index is 2.12. The Kier molecular flexibility index (Phi) is 7.82. The van der Waals surface area contributed by atoms with Gasteiger partial charge in [0, 0.05) is 28.5 Å². The van der Waals surface area contributed by atoms with Gasteiger partial charge in [0.15, 0.2) is 0 Å². The summed E-state index contributed by atoms with van der Waals surface area (Å²) in [5, 5.41) is 3.84. The minimum Gasteiger partial charge on any atom is -0.357 e. The number of rotatable bonds is 7. The second-order valence-electron chi connectivity index (χ2n) is 5.68. The molecule has 0 fully saturated rings. The zero-order valence-electron chi connectivity index (χ0n) is 14.5. The van der Waals surface area contributed by atoms with E-state index in [1.807, 2.05) is 24.3 Å². The van der Waals surface area contributed by atoms with Crippen molar-refractivity contribution in [3.8, 4) is 0 Å². The Morgan fingerprint density at radius 3 is 2.42 bits per heavy atom. The summed E-state index contributed by atoms with van der Waals surface area (Å²) >= 11 is 13.3. The van der Waals surface area contributed by atoms with Crippen LogP contribution in [0.5, 0.6) is 0 Å². The first-order valence-electron chi connectivity index (χ1n) is 8.04. The second-order valence-corrected chi connectivity index (χ2v) is 7.61. The molecular weight excluding hydrogens is 391 g/mol. The van der Waals surface area contributed by atoms with E-state index in [0.29, 0.717) is 16.6 Å². The maximum absolute atomic E-state index is 12.8. The average Bonchev–Trinajstić information content (AvgIpc) is 2.64. The van der Waals surface area contributed by atoms with E-state index in [0.717, 1.165) is 10.5 Å². The molecule has 1 N–H and O–H groups in total. The summed E-state index contributed by atoms with van der Waals surface area (Å²) in [6, 6.07) is 14.0. The fraction of sp³-hybridized carbons (Fsp3) is 0.263. The molecule has 0 heterocycles. The fourth-order valence-electron chi connectivity index (χ4n) is 2.38. The number of halogens is 2. The van der Waals surface area contributed by atoms with Crippen LogP contribution in [0, 0.1) is 0 Å². The van der Waals surface area contributed by atoms with E-state index in [9.17, 15) is 9.59 Å². The molecule has 0 aliphatic carbocycles. The van der Waals surface area contributed by atoms with Crippen molar-refractivity contribution in [1.29, 1.82) is 0 Å². The van der Waals surface area contributed by atoms with Crippen molar-refractivity contribution in [2.45, 2.75) is 24.4 Å². The van der Waals surface area contributed by atoms with E-state index in [1.165, 1.54) is 11.8 Å². The molecule has 26 heavy (non-hydrogen) atoms. The van der Waals surface area contributed by atoms with Gasteiger partial charge in [0.2, 0.25) is 11.8 Å². The summed E-state index contributed by atoms with van der Waals surface area (Å²) in [4.78, 5) is 27.4. The first-order chi connectivity index (χ1) is 12.4. The summed E-state index contributed by atoms with van der Waals surface area (Å²) in [6.07, 6.45) is 0. The van der Waals surface area contributed by atoms with Crippen LogP contribution in [-0.2, 0) is 16.1 Å². The highest BCUT2D eigenvalue weighted by Gasteiger charge is 2.25. The topological polar surface area (TPSA) is 49.4 Å². The van der Waals surface area contributed by atoms with Crippen molar-refractivity contribution in [2.24, 2.45) is 0 Å². The number of nitrogens with zero attached hydrogens (tertiary/aromatic N) is 1. The van der Waals surface area contributed by atoms with Gasteiger partial charge in [-0.05, 0) is 48.9 Å². The van der Waals surface area contributed by atoms with Crippen LogP contribution in [0.4, 0.5) is 0 Å². The van der Waals surface area contributed by atoms with Crippen LogP contribution >= 0.6 is 35.0 Å². The molecule has 4 nitrogen and oxygen atoms in total. The van der Waals surface area contributed by atoms with Gasteiger partial charge in [-0.3, -0.25) is 9.59 Å². The summed E-state index contributed by atoms with van der Waals surface area (Å²) in [6.45, 7) is 2.03. The smallest absolute Gasteiger partial charge is 0.242 e. The quantitative estimate of drug-likeness (QED) is 0.693. The van der Waals surface area contributed by atoms with Gasteiger partial charge in [0.1, 0.15) is 6.04 Å². The predicted octanol–water partition coefficient (Wildman–Crippen LogP) is 4.25. The van der Waals surface area contributed by atoms with E-state index in [-0.39, 0.29) is 17.6 Å². The highest BCUT2D eigenvalue weighted by atomic mass is 35.5. The molecule has 0 unspecified atom stereocenters. The van der Waals surface area contributed by atoms with Gasteiger partial charge in [-0.1, -0.05) is 35.3 Å². The lowest BCUT2D eigenvalue weighted by molar-refractivity contribution is -0.138. The number of amides is 2. The first kappa shape index (κ1) is 20.6. The minimum atomic E-state index is -0.586. The number of nitrogens with one attached hydrogen (secondary N) is 1. The molecule has 2 aromatic carbocycles. The maximum Gasteiger partial charge on any atom is 0.242 e. The molecule has 0 radical (unpaired) electrons. The van der Waals surface area contributed by atoms with Crippen LogP contribution < -0.4 is 5.32 Å². The molecule has 1 atom stereocenters. The lowest BCUT2D eigenvalue weighted by Gasteiger charge is -2.28. The molecule has 0 spiro atoms. The Hall–Kier alpha value is -1.69. The number of thioether (sulfide) groups is 1. The number of benzene rings is 2. The molecular formula is C19H20Cl2N2O2S. The molecule has 0 aromatic heterocycles. The van der Waals surface area contributed by atoms with E-state index in [1.54, 1.807) is 43.1 Å². The van der Waals surface area contributed by atoms with Crippen LogP contribution in [-0.4, -0.2) is 35.6 Å². The van der Waals surface area contributed by atoms with Crippen LogP contribution in [0.25, 0.3) is 0 Å². The minimum absolute atomic E-state index is 0.124. The molecule has 7 heteroatoms. The number of hydrogen-bond acceptors (Lipinski definition) is 3. The van der Waals surface area contributed by atoms with Crippen molar-refractivity contribution in [1.82, 2.24) is 10.2 Å². The summed E-state index contributed by atoms with van der Waals surface area (Å²) in [5.41, 5.74) is 0.873. The molecule has 2 amide bonds. The van der Waals surface area contributed by atoms with Crippen LogP contribution in [0.3, 0.4) is 0 Å². The van der Waals surface area contributed by atoms with Gasteiger partial charge >= 0.3 is 0 Å². The van der Waals surface area contributed by atoms with Crippen molar-refractivity contribution >= 4 is 46.8 Å². The van der Waals surface area contributed by atoms with Crippen LogP contribution in [0.15, 0.2) is 53.4 Å². The molecule has 0 aliphatic rings. The second kappa shape index (κ2) is 9.86. The van der Waals surface area contributed by atoms with Gasteiger partial charge in [-0.2, -0.15) is 0 Å². The molecule has 0 bridgehead atoms. The summed E-state index contributed by atoms with van der Waals surface area (Å²) in [7, 11) is 1.56. The highest BCUT2D eigenvalue weighted by Crippen LogP contribution is 2.22. The Morgan fingerprint density at radius 1 is 1.12 bits per heavy atom. The average molecular weight is 411 g/mol. The monoisotopic (exact) mass is 410 g/mol. The zero-order chi connectivity index (χ0) is 19.1. The molecule has 2 aromatic rings. The number of hydrogen-bond donors (Lipinski definition) is 1. The Labute approximate surface area is 167 Å². The molecule has 0 aliphatic heterocycles. The molecule has 0 saturated heterocycles. The van der Waals surface area contributed by atoms with E-state index in [4.69, 9.17) is 23.2 Å². The van der Waals surface area contributed by atoms with Crippen LogP contribution in [0.2, 0.25) is 10.0 Å². The Bertz CT molecular complexity index is 768. The Morgan fingerprint density at radius 2 is 1.81 bits per heavy atom. The van der Waals surface area contributed by atoms with E-state index in [2.05, 4.69) is 5.32 Å². The van der Waals surface area contributed by atoms with Crippen molar-refractivity contribution in [3.05, 3.63) is 64.1 Å². The van der Waals surface area contributed by atoms with Crippen molar-refractivity contribution in [3.63, 3.8) is 0 Å². The van der Waals surface area contributed by atoms with Gasteiger partial charge in [-0.15, -0.1) is 11.8 Å². The molecule has 2 rings (SSSR count). The van der Waals surface area contributed by atoms with E-state index < -0.39 is 6.04 Å². The first-order valence-corrected chi connectivity index (χ1v) is 9.78. The largest absolute Gasteiger partial charge is 0.357 e. The van der Waals surface area contributed by atoms with Gasteiger partial charge in [0.25, 0.3) is 0 Å².